The van der Waals surface area contributed by atoms with Crippen molar-refractivity contribution in [1.29, 1.82) is 0 Å². The van der Waals surface area contributed by atoms with Gasteiger partial charge in [0.2, 0.25) is 0 Å². The van der Waals surface area contributed by atoms with Crippen LogP contribution >= 0.6 is 0 Å². The molecule has 0 saturated heterocycles. The normalized spacial score (nSPS) is 12.8. The molecule has 0 bridgehead atoms. The Hall–Kier alpha value is -1.13. The molecule has 0 saturated carbocycles. The minimum atomic E-state index is -0.705. The summed E-state index contributed by atoms with van der Waals surface area (Å²) < 4.78 is 13.2. The van der Waals surface area contributed by atoms with Crippen molar-refractivity contribution in [3.05, 3.63) is 29.6 Å². The van der Waals surface area contributed by atoms with Gasteiger partial charge >= 0.3 is 0 Å². The summed E-state index contributed by atoms with van der Waals surface area (Å²) in [6.07, 6.45) is 0.278. The summed E-state index contributed by atoms with van der Waals surface area (Å²) >= 11 is 0. The Labute approximate surface area is 75.6 Å². The van der Waals surface area contributed by atoms with Gasteiger partial charge in [-0.25, -0.2) is 4.39 Å². The van der Waals surface area contributed by atoms with Crippen molar-refractivity contribution in [2.75, 3.05) is 6.61 Å². The van der Waals surface area contributed by atoms with Crippen LogP contribution < -0.4 is 5.73 Å². The molecule has 1 aromatic carbocycles. The molecule has 1 aromatic rings. The summed E-state index contributed by atoms with van der Waals surface area (Å²) in [6.45, 7) is -0.101. The number of phenols is 1. The minimum absolute atomic E-state index is 0.101. The summed E-state index contributed by atoms with van der Waals surface area (Å²) in [5.41, 5.74) is 5.79. The van der Waals surface area contributed by atoms with Crippen molar-refractivity contribution in [1.82, 2.24) is 0 Å². The smallest absolute Gasteiger partial charge is 0.169 e. The Bertz CT molecular complexity index is 291. The van der Waals surface area contributed by atoms with Crippen LogP contribution in [-0.2, 0) is 0 Å². The van der Waals surface area contributed by atoms with Crippen LogP contribution in [0.5, 0.6) is 5.75 Å². The van der Waals surface area contributed by atoms with E-state index in [1.807, 2.05) is 0 Å². The first-order chi connectivity index (χ1) is 6.16. The standard InChI is InChI=1S/C9H12FNO2/c10-9-6(7(11)4-5-12)2-1-3-8(9)13/h1-3,7,12-13H,4-5,11H2. The van der Waals surface area contributed by atoms with Gasteiger partial charge in [-0.1, -0.05) is 12.1 Å². The zero-order valence-electron chi connectivity index (χ0n) is 7.07. The number of aliphatic hydroxyl groups is 1. The van der Waals surface area contributed by atoms with Crippen molar-refractivity contribution in [2.45, 2.75) is 12.5 Å². The molecule has 4 heteroatoms. The third kappa shape index (κ3) is 2.17. The van der Waals surface area contributed by atoms with Crippen molar-refractivity contribution in [3.8, 4) is 5.75 Å². The first-order valence-corrected chi connectivity index (χ1v) is 4.00. The Morgan fingerprint density at radius 1 is 1.46 bits per heavy atom. The molecule has 3 nitrogen and oxygen atoms in total. The fraction of sp³-hybridized carbons (Fsp3) is 0.333. The monoisotopic (exact) mass is 185 g/mol. The second kappa shape index (κ2) is 4.20. The number of rotatable bonds is 3. The number of aromatic hydroxyl groups is 1. The molecule has 0 aliphatic rings. The molecule has 0 amide bonds. The van der Waals surface area contributed by atoms with E-state index in [4.69, 9.17) is 15.9 Å². The summed E-state index contributed by atoms with van der Waals surface area (Å²) in [5, 5.41) is 17.6. The zero-order valence-corrected chi connectivity index (χ0v) is 7.07. The molecule has 0 aliphatic carbocycles. The molecular formula is C9H12FNO2. The van der Waals surface area contributed by atoms with Gasteiger partial charge in [-0.15, -0.1) is 0 Å². The maximum atomic E-state index is 13.2. The van der Waals surface area contributed by atoms with Crippen molar-refractivity contribution < 1.29 is 14.6 Å². The highest BCUT2D eigenvalue weighted by Gasteiger charge is 2.13. The minimum Gasteiger partial charge on any atom is -0.505 e. The number of phenolic OH excluding ortho intramolecular Hbond substituents is 1. The summed E-state index contributed by atoms with van der Waals surface area (Å²) in [4.78, 5) is 0. The molecule has 0 radical (unpaired) electrons. The van der Waals surface area contributed by atoms with Gasteiger partial charge in [-0.05, 0) is 12.5 Å². The SMILES string of the molecule is NC(CCO)c1cccc(O)c1F. The van der Waals surface area contributed by atoms with E-state index in [1.54, 1.807) is 0 Å². The topological polar surface area (TPSA) is 66.5 Å². The molecular weight excluding hydrogens is 173 g/mol. The summed E-state index contributed by atoms with van der Waals surface area (Å²) in [7, 11) is 0. The van der Waals surface area contributed by atoms with Gasteiger partial charge in [-0.3, -0.25) is 0 Å². The van der Waals surface area contributed by atoms with Crippen LogP contribution in [-0.4, -0.2) is 16.8 Å². The second-order valence-corrected chi connectivity index (χ2v) is 2.80. The van der Waals surface area contributed by atoms with Gasteiger partial charge in [0.05, 0.1) is 0 Å². The number of halogens is 1. The van der Waals surface area contributed by atoms with E-state index < -0.39 is 17.6 Å². The van der Waals surface area contributed by atoms with Crippen LogP contribution in [0, 0.1) is 5.82 Å². The van der Waals surface area contributed by atoms with E-state index in [1.165, 1.54) is 18.2 Å². The number of benzene rings is 1. The Balaban J connectivity index is 2.93. The second-order valence-electron chi connectivity index (χ2n) is 2.80. The van der Waals surface area contributed by atoms with Crippen LogP contribution in [0.1, 0.15) is 18.0 Å². The molecule has 1 unspecified atom stereocenters. The Morgan fingerprint density at radius 2 is 2.15 bits per heavy atom. The Morgan fingerprint density at radius 3 is 2.77 bits per heavy atom. The van der Waals surface area contributed by atoms with Gasteiger partial charge < -0.3 is 15.9 Å². The van der Waals surface area contributed by atoms with Gasteiger partial charge in [0, 0.05) is 18.2 Å². The highest BCUT2D eigenvalue weighted by Crippen LogP contribution is 2.24. The molecule has 0 aromatic heterocycles. The number of aliphatic hydroxyl groups excluding tert-OH is 1. The number of hydrogen-bond donors (Lipinski definition) is 3. The van der Waals surface area contributed by atoms with E-state index in [9.17, 15) is 4.39 Å². The molecule has 1 rings (SSSR count). The lowest BCUT2D eigenvalue weighted by atomic mass is 10.0. The number of nitrogens with two attached hydrogens (primary N) is 1. The van der Waals surface area contributed by atoms with Crippen molar-refractivity contribution >= 4 is 0 Å². The van der Waals surface area contributed by atoms with Crippen LogP contribution in [0.15, 0.2) is 18.2 Å². The first kappa shape index (κ1) is 9.95. The first-order valence-electron chi connectivity index (χ1n) is 4.00. The Kier molecular flexibility index (Phi) is 3.22. The highest BCUT2D eigenvalue weighted by molar-refractivity contribution is 5.31. The van der Waals surface area contributed by atoms with Gasteiger partial charge in [0.1, 0.15) is 0 Å². The van der Waals surface area contributed by atoms with Gasteiger partial charge in [-0.2, -0.15) is 0 Å². The van der Waals surface area contributed by atoms with Crippen LogP contribution in [0.2, 0.25) is 0 Å². The molecule has 4 N–H and O–H groups in total. The fourth-order valence-electron chi connectivity index (χ4n) is 1.12. The lowest BCUT2D eigenvalue weighted by Crippen LogP contribution is -2.13. The molecule has 72 valence electrons. The fourth-order valence-corrected chi connectivity index (χ4v) is 1.12. The maximum absolute atomic E-state index is 13.2. The lowest BCUT2D eigenvalue weighted by molar-refractivity contribution is 0.275. The molecule has 0 spiro atoms. The van der Waals surface area contributed by atoms with Gasteiger partial charge in [0.25, 0.3) is 0 Å². The van der Waals surface area contributed by atoms with Crippen molar-refractivity contribution in [2.24, 2.45) is 5.73 Å². The average Bonchev–Trinajstić information content (AvgIpc) is 2.10. The average molecular weight is 185 g/mol. The van der Waals surface area contributed by atoms with E-state index in [0.717, 1.165) is 0 Å². The summed E-state index contributed by atoms with van der Waals surface area (Å²) in [5.74, 6) is -1.12. The van der Waals surface area contributed by atoms with Gasteiger partial charge in [0.15, 0.2) is 11.6 Å². The largest absolute Gasteiger partial charge is 0.505 e. The molecule has 1 atom stereocenters. The molecule has 0 fully saturated rings. The molecule has 13 heavy (non-hydrogen) atoms. The summed E-state index contributed by atoms with van der Waals surface area (Å²) in [6, 6.07) is 3.70. The lowest BCUT2D eigenvalue weighted by Gasteiger charge is -2.11. The third-order valence-electron chi connectivity index (χ3n) is 1.85. The van der Waals surface area contributed by atoms with Crippen LogP contribution in [0.25, 0.3) is 0 Å². The van der Waals surface area contributed by atoms with E-state index in [-0.39, 0.29) is 18.6 Å². The molecule has 0 heterocycles. The predicted octanol–water partition coefficient (Wildman–Crippen LogP) is 0.913. The highest BCUT2D eigenvalue weighted by atomic mass is 19.1. The van der Waals surface area contributed by atoms with E-state index in [2.05, 4.69) is 0 Å². The predicted molar refractivity (Wildman–Crippen MR) is 46.7 cm³/mol. The zero-order chi connectivity index (χ0) is 9.84. The van der Waals surface area contributed by atoms with E-state index >= 15 is 0 Å². The quantitative estimate of drug-likeness (QED) is 0.655. The maximum Gasteiger partial charge on any atom is 0.169 e. The van der Waals surface area contributed by atoms with Crippen molar-refractivity contribution in [3.63, 3.8) is 0 Å². The molecule has 0 aliphatic heterocycles. The van der Waals surface area contributed by atoms with Crippen LogP contribution in [0.3, 0.4) is 0 Å². The third-order valence-corrected chi connectivity index (χ3v) is 1.85. The van der Waals surface area contributed by atoms with E-state index in [0.29, 0.717) is 0 Å². The van der Waals surface area contributed by atoms with Crippen LogP contribution in [0.4, 0.5) is 4.39 Å². The number of hydrogen-bond acceptors (Lipinski definition) is 3.